The number of benzene rings is 1. The van der Waals surface area contributed by atoms with Gasteiger partial charge < -0.3 is 20.5 Å². The summed E-state index contributed by atoms with van der Waals surface area (Å²) in [6.45, 7) is 7.69. The third-order valence-electron chi connectivity index (χ3n) is 4.36. The predicted octanol–water partition coefficient (Wildman–Crippen LogP) is 1.83. The van der Waals surface area contributed by atoms with Crippen LogP contribution in [0.3, 0.4) is 0 Å². The minimum atomic E-state index is -0.633. The van der Waals surface area contributed by atoms with Crippen LogP contribution in [0.5, 0.6) is 5.75 Å². The lowest BCUT2D eigenvalue weighted by molar-refractivity contribution is 0.180. The molecule has 142 valence electrons. The minimum absolute atomic E-state index is 0.364. The van der Waals surface area contributed by atoms with Crippen LogP contribution in [0, 0.1) is 13.8 Å². The molecule has 0 saturated carbocycles. The highest BCUT2D eigenvalue weighted by molar-refractivity contribution is 5.79. The van der Waals surface area contributed by atoms with Crippen molar-refractivity contribution in [1.82, 2.24) is 20.4 Å². The number of rotatable bonds is 7. The minimum Gasteiger partial charge on any atom is -0.497 e. The van der Waals surface area contributed by atoms with Crippen LogP contribution in [0.4, 0.5) is 0 Å². The molecule has 3 N–H and O–H groups in total. The molecule has 0 amide bonds. The maximum Gasteiger partial charge on any atom is 0.191 e. The van der Waals surface area contributed by atoms with E-state index in [4.69, 9.17) is 4.74 Å². The van der Waals surface area contributed by atoms with Crippen molar-refractivity contribution in [2.75, 3.05) is 20.2 Å². The molecule has 0 aliphatic carbocycles. The summed E-state index contributed by atoms with van der Waals surface area (Å²) < 4.78 is 7.01. The Hall–Kier alpha value is -2.54. The maximum atomic E-state index is 10.4. The molecule has 2 aromatic rings. The van der Waals surface area contributed by atoms with E-state index in [0.717, 1.165) is 34.8 Å². The fourth-order valence-electron chi connectivity index (χ4n) is 2.68. The van der Waals surface area contributed by atoms with Crippen LogP contribution in [0.25, 0.3) is 0 Å². The maximum absolute atomic E-state index is 10.4. The second-order valence-corrected chi connectivity index (χ2v) is 6.14. The zero-order valence-corrected chi connectivity index (χ0v) is 16.2. The third-order valence-corrected chi connectivity index (χ3v) is 4.36. The summed E-state index contributed by atoms with van der Waals surface area (Å²) in [6, 6.07) is 7.40. The Balaban J connectivity index is 2.00. The molecule has 0 spiro atoms. The number of hydrogen-bond acceptors (Lipinski definition) is 4. The van der Waals surface area contributed by atoms with Crippen LogP contribution >= 0.6 is 0 Å². The van der Waals surface area contributed by atoms with Crippen molar-refractivity contribution < 1.29 is 9.84 Å². The number of aromatic nitrogens is 2. The van der Waals surface area contributed by atoms with Gasteiger partial charge >= 0.3 is 0 Å². The number of aliphatic hydroxyl groups is 1. The number of aliphatic imine (C=N–C) groups is 1. The molecule has 1 unspecified atom stereocenters. The van der Waals surface area contributed by atoms with Gasteiger partial charge in [-0.3, -0.25) is 4.68 Å². The van der Waals surface area contributed by atoms with Gasteiger partial charge in [-0.05, 0) is 38.5 Å². The lowest BCUT2D eigenvalue weighted by Crippen LogP contribution is -2.39. The van der Waals surface area contributed by atoms with Crippen molar-refractivity contribution >= 4 is 5.96 Å². The molecule has 7 heteroatoms. The highest BCUT2D eigenvalue weighted by atomic mass is 16.5. The van der Waals surface area contributed by atoms with Crippen molar-refractivity contribution in [3.05, 3.63) is 46.8 Å². The molecule has 2 rings (SSSR count). The number of aliphatic hydroxyl groups excluding tert-OH is 1. The second kappa shape index (κ2) is 9.24. The molecule has 0 aliphatic heterocycles. The molecular formula is C19H29N5O2. The summed E-state index contributed by atoms with van der Waals surface area (Å²) in [5.41, 5.74) is 4.05. The van der Waals surface area contributed by atoms with Crippen LogP contribution in [-0.2, 0) is 13.6 Å². The van der Waals surface area contributed by atoms with Gasteiger partial charge in [0.15, 0.2) is 5.96 Å². The Bertz CT molecular complexity index is 737. The van der Waals surface area contributed by atoms with E-state index in [2.05, 4.69) is 20.7 Å². The largest absolute Gasteiger partial charge is 0.497 e. The Morgan fingerprint density at radius 1 is 1.27 bits per heavy atom. The topological polar surface area (TPSA) is 83.7 Å². The van der Waals surface area contributed by atoms with E-state index in [1.165, 1.54) is 0 Å². The molecule has 1 aromatic heterocycles. The Morgan fingerprint density at radius 2 is 1.96 bits per heavy atom. The van der Waals surface area contributed by atoms with Crippen molar-refractivity contribution in [2.24, 2.45) is 12.0 Å². The van der Waals surface area contributed by atoms with Gasteiger partial charge in [0.1, 0.15) is 5.75 Å². The number of guanidine groups is 1. The van der Waals surface area contributed by atoms with Gasteiger partial charge in [-0.15, -0.1) is 0 Å². The first-order valence-corrected chi connectivity index (χ1v) is 8.79. The van der Waals surface area contributed by atoms with Crippen LogP contribution in [0.15, 0.2) is 29.3 Å². The highest BCUT2D eigenvalue weighted by Crippen LogP contribution is 2.17. The number of nitrogens with zero attached hydrogens (tertiary/aromatic N) is 3. The fraction of sp³-hybridized carbons (Fsp3) is 0.474. The summed E-state index contributed by atoms with van der Waals surface area (Å²) in [4.78, 5) is 4.62. The van der Waals surface area contributed by atoms with Crippen molar-refractivity contribution in [2.45, 2.75) is 33.4 Å². The van der Waals surface area contributed by atoms with E-state index >= 15 is 0 Å². The van der Waals surface area contributed by atoms with E-state index < -0.39 is 6.10 Å². The standard InChI is InChI=1S/C19H29N5O2/c1-6-20-19(21-11-17-13(2)23-24(4)14(17)3)22-12-18(25)15-7-9-16(26-5)10-8-15/h7-10,18,25H,6,11-12H2,1-5H3,(H2,20,21,22). The molecule has 0 saturated heterocycles. The van der Waals surface area contributed by atoms with Crippen LogP contribution in [0.1, 0.15) is 35.5 Å². The smallest absolute Gasteiger partial charge is 0.191 e. The van der Waals surface area contributed by atoms with Crippen molar-refractivity contribution in [3.63, 3.8) is 0 Å². The van der Waals surface area contributed by atoms with Gasteiger partial charge in [0.05, 0.1) is 25.5 Å². The molecule has 26 heavy (non-hydrogen) atoms. The Labute approximate surface area is 155 Å². The monoisotopic (exact) mass is 359 g/mol. The summed E-state index contributed by atoms with van der Waals surface area (Å²) >= 11 is 0. The summed E-state index contributed by atoms with van der Waals surface area (Å²) in [5, 5.41) is 21.2. The lowest BCUT2D eigenvalue weighted by atomic mass is 10.1. The van der Waals surface area contributed by atoms with Gasteiger partial charge in [0.2, 0.25) is 0 Å². The SMILES string of the molecule is CCNC(=NCc1c(C)nn(C)c1C)NCC(O)c1ccc(OC)cc1. The van der Waals surface area contributed by atoms with E-state index in [1.54, 1.807) is 7.11 Å². The molecule has 0 radical (unpaired) electrons. The summed E-state index contributed by atoms with van der Waals surface area (Å²) in [6.07, 6.45) is -0.633. The van der Waals surface area contributed by atoms with E-state index in [0.29, 0.717) is 19.0 Å². The number of hydrogen-bond donors (Lipinski definition) is 3. The molecule has 0 fully saturated rings. The van der Waals surface area contributed by atoms with Crippen LogP contribution in [-0.4, -0.2) is 41.0 Å². The molecule has 0 bridgehead atoms. The number of ether oxygens (including phenoxy) is 1. The van der Waals surface area contributed by atoms with E-state index in [1.807, 2.05) is 56.8 Å². The van der Waals surface area contributed by atoms with Gasteiger partial charge in [-0.1, -0.05) is 12.1 Å². The highest BCUT2D eigenvalue weighted by Gasteiger charge is 2.11. The quantitative estimate of drug-likeness (QED) is 0.519. The molecule has 1 atom stereocenters. The molecule has 7 nitrogen and oxygen atoms in total. The lowest BCUT2D eigenvalue weighted by Gasteiger charge is -2.16. The van der Waals surface area contributed by atoms with Crippen molar-refractivity contribution in [3.8, 4) is 5.75 Å². The first kappa shape index (κ1) is 19.8. The van der Waals surface area contributed by atoms with Gasteiger partial charge in [0.25, 0.3) is 0 Å². The Morgan fingerprint density at radius 3 is 2.50 bits per heavy atom. The number of methoxy groups -OCH3 is 1. The molecule has 1 heterocycles. The summed E-state index contributed by atoms with van der Waals surface area (Å²) in [7, 11) is 3.56. The average molecular weight is 359 g/mol. The van der Waals surface area contributed by atoms with E-state index in [-0.39, 0.29) is 0 Å². The first-order chi connectivity index (χ1) is 12.5. The molecule has 0 aliphatic rings. The fourth-order valence-corrected chi connectivity index (χ4v) is 2.68. The van der Waals surface area contributed by atoms with Gasteiger partial charge in [-0.2, -0.15) is 5.10 Å². The molecular weight excluding hydrogens is 330 g/mol. The first-order valence-electron chi connectivity index (χ1n) is 8.79. The van der Waals surface area contributed by atoms with Gasteiger partial charge in [-0.25, -0.2) is 4.99 Å². The Kier molecular flexibility index (Phi) is 7.03. The second-order valence-electron chi connectivity index (χ2n) is 6.14. The van der Waals surface area contributed by atoms with Crippen molar-refractivity contribution in [1.29, 1.82) is 0 Å². The number of nitrogens with one attached hydrogen (secondary N) is 2. The third kappa shape index (κ3) is 4.98. The normalized spacial score (nSPS) is 12.8. The molecule has 1 aromatic carbocycles. The van der Waals surface area contributed by atoms with Gasteiger partial charge in [0, 0.05) is 31.4 Å². The summed E-state index contributed by atoms with van der Waals surface area (Å²) in [5.74, 6) is 1.44. The predicted molar refractivity (Wildman–Crippen MR) is 103 cm³/mol. The average Bonchev–Trinajstić information content (AvgIpc) is 2.89. The number of aryl methyl sites for hydroxylation is 2. The van der Waals surface area contributed by atoms with Crippen LogP contribution in [0.2, 0.25) is 0 Å². The zero-order valence-electron chi connectivity index (χ0n) is 16.2. The van der Waals surface area contributed by atoms with Crippen LogP contribution < -0.4 is 15.4 Å². The zero-order chi connectivity index (χ0) is 19.1. The van der Waals surface area contributed by atoms with E-state index in [9.17, 15) is 5.11 Å².